The number of para-hydroxylation sites is 4. The molecule has 0 unspecified atom stereocenters. The first-order chi connectivity index (χ1) is 38.4. The van der Waals surface area contributed by atoms with Gasteiger partial charge in [-0.1, -0.05) is 199 Å². The topological polar surface area (TPSA) is 23.0 Å². The molecule has 4 aromatic heterocycles. The van der Waals surface area contributed by atoms with E-state index in [9.17, 15) is 0 Å². The molecule has 386 valence electrons. The maximum atomic E-state index is 5.71. The molecule has 1 aliphatic carbocycles. The monoisotopic (exact) mass is 1040 g/mol. The molecule has 3 nitrogen and oxygen atoms in total. The highest BCUT2D eigenvalue weighted by Crippen LogP contribution is 2.48. The van der Waals surface area contributed by atoms with Gasteiger partial charge in [-0.25, -0.2) is 0 Å². The van der Waals surface area contributed by atoms with Crippen molar-refractivity contribution in [2.75, 3.05) is 0 Å². The van der Waals surface area contributed by atoms with E-state index >= 15 is 0 Å². The van der Waals surface area contributed by atoms with Crippen molar-refractivity contribution in [1.82, 2.24) is 9.13 Å². The van der Waals surface area contributed by atoms with Gasteiger partial charge in [0.25, 0.3) is 0 Å². The lowest BCUT2D eigenvalue weighted by atomic mass is 9.82. The molecule has 0 fully saturated rings. The summed E-state index contributed by atoms with van der Waals surface area (Å²) in [6, 6.07) is 86.3. The summed E-state index contributed by atoms with van der Waals surface area (Å²) in [5.41, 5.74) is 20.7. The molecule has 1 aliphatic rings. The maximum Gasteiger partial charge on any atom is 0.135 e. The molecule has 0 bridgehead atoms. The van der Waals surface area contributed by atoms with Crippen molar-refractivity contribution in [2.24, 2.45) is 7.05 Å². The zero-order chi connectivity index (χ0) is 54.4. The molecular formula is C75H64N2OS. The van der Waals surface area contributed by atoms with Gasteiger partial charge in [0.15, 0.2) is 0 Å². The van der Waals surface area contributed by atoms with Crippen LogP contribution < -0.4 is 0 Å². The second kappa shape index (κ2) is 21.1. The summed E-state index contributed by atoms with van der Waals surface area (Å²) in [6.45, 7) is 15.3. The normalized spacial score (nSPS) is 12.2. The highest BCUT2D eigenvalue weighted by Gasteiger charge is 2.34. The molecule has 15 aromatic rings. The Morgan fingerprint density at radius 1 is 0.329 bits per heavy atom. The first kappa shape index (κ1) is 50.8. The third-order valence-corrected chi connectivity index (χ3v) is 16.9. The number of nitrogens with zero attached hydrogens (tertiary/aromatic N) is 2. The summed E-state index contributed by atoms with van der Waals surface area (Å²) in [7, 11) is 2.12. The molecular weight excluding hydrogens is 977 g/mol. The minimum atomic E-state index is 0.152. The predicted molar refractivity (Wildman–Crippen MR) is 342 cm³/mol. The molecule has 79 heavy (non-hydrogen) atoms. The molecule has 4 heteroatoms. The Balaban J connectivity index is 0.0000000992. The van der Waals surface area contributed by atoms with Gasteiger partial charge in [-0.2, -0.15) is 0 Å². The van der Waals surface area contributed by atoms with E-state index in [4.69, 9.17) is 4.42 Å². The van der Waals surface area contributed by atoms with Gasteiger partial charge in [0.1, 0.15) is 11.2 Å². The van der Waals surface area contributed by atoms with Gasteiger partial charge in [0.05, 0.1) is 11.0 Å². The third kappa shape index (κ3) is 9.68. The van der Waals surface area contributed by atoms with E-state index < -0.39 is 0 Å². The van der Waals surface area contributed by atoms with Gasteiger partial charge in [0, 0.05) is 81.7 Å². The van der Waals surface area contributed by atoms with Crippen LogP contribution in [-0.4, -0.2) is 9.13 Å². The highest BCUT2D eigenvalue weighted by molar-refractivity contribution is 7.25. The van der Waals surface area contributed by atoms with Gasteiger partial charge in [0.2, 0.25) is 0 Å². The Morgan fingerprint density at radius 3 is 1.53 bits per heavy atom. The number of fused-ring (bicyclic) bond motifs is 15. The van der Waals surface area contributed by atoms with E-state index in [0.717, 1.165) is 11.2 Å². The van der Waals surface area contributed by atoms with Gasteiger partial charge in [-0.3, -0.25) is 0 Å². The van der Waals surface area contributed by atoms with E-state index in [0.29, 0.717) is 0 Å². The van der Waals surface area contributed by atoms with Crippen LogP contribution in [0.25, 0.3) is 103 Å². The molecule has 0 atom stereocenters. The standard InChI is InChI=1S/C19H15N.C16H16.C14H13N.C13H10O.C13H10S/c1-14-11-12-19-17(13-14)16-9-5-6-10-18(16)20(19)15-7-3-2-4-8-15;1-11-8-9-15-13(10-11)12-6-4-5-7-14(12)16(15,2)3;1-10-7-8-14-12(9-10)11-5-3-4-6-13(11)15(14)2;2*1-9-6-7-13-11(8-9)10-4-2-3-5-12(10)14-13/h2-13H,1H3;4-10H,1-3H3;3-9H,1-2H3;2*2-8H,1H3. The van der Waals surface area contributed by atoms with Crippen LogP contribution in [0.15, 0.2) is 247 Å². The number of aromatic nitrogens is 2. The third-order valence-electron chi connectivity index (χ3n) is 15.7. The summed E-state index contributed by atoms with van der Waals surface area (Å²) >= 11 is 1.87. The molecule has 11 aromatic carbocycles. The van der Waals surface area contributed by atoms with Gasteiger partial charge < -0.3 is 13.6 Å². The van der Waals surface area contributed by atoms with Crippen molar-refractivity contribution >= 4 is 97.1 Å². The van der Waals surface area contributed by atoms with E-state index in [1.165, 1.54) is 130 Å². The van der Waals surface area contributed by atoms with E-state index in [2.05, 4.69) is 283 Å². The Labute approximate surface area is 467 Å². The summed E-state index contributed by atoms with van der Waals surface area (Å²) in [4.78, 5) is 0. The van der Waals surface area contributed by atoms with Crippen molar-refractivity contribution in [3.63, 3.8) is 0 Å². The average Bonchev–Trinajstić information content (AvgIpc) is 4.27. The van der Waals surface area contributed by atoms with Crippen molar-refractivity contribution in [3.05, 3.63) is 282 Å². The van der Waals surface area contributed by atoms with Crippen molar-refractivity contribution < 1.29 is 4.42 Å². The van der Waals surface area contributed by atoms with Crippen LogP contribution in [0.1, 0.15) is 52.8 Å². The van der Waals surface area contributed by atoms with Crippen molar-refractivity contribution in [2.45, 2.75) is 53.9 Å². The smallest absolute Gasteiger partial charge is 0.135 e. The molecule has 0 N–H and O–H groups in total. The summed E-state index contributed by atoms with van der Waals surface area (Å²) in [6.07, 6.45) is 0. The van der Waals surface area contributed by atoms with Gasteiger partial charge in [-0.15, -0.1) is 11.3 Å². The van der Waals surface area contributed by atoms with Crippen LogP contribution >= 0.6 is 11.3 Å². The summed E-state index contributed by atoms with van der Waals surface area (Å²) in [5.74, 6) is 0. The van der Waals surface area contributed by atoms with Crippen LogP contribution in [0.4, 0.5) is 0 Å². The minimum absolute atomic E-state index is 0.152. The first-order valence-corrected chi connectivity index (χ1v) is 28.2. The first-order valence-electron chi connectivity index (χ1n) is 27.4. The van der Waals surface area contributed by atoms with Crippen molar-refractivity contribution in [3.8, 4) is 16.8 Å². The fourth-order valence-corrected chi connectivity index (χ4v) is 12.8. The molecule has 0 amide bonds. The van der Waals surface area contributed by atoms with Crippen LogP contribution in [-0.2, 0) is 12.5 Å². The molecule has 0 saturated carbocycles. The van der Waals surface area contributed by atoms with Gasteiger partial charge in [-0.05, 0) is 142 Å². The minimum Gasteiger partial charge on any atom is -0.456 e. The van der Waals surface area contributed by atoms with E-state index in [-0.39, 0.29) is 5.41 Å². The molecule has 0 saturated heterocycles. The number of hydrogen-bond acceptors (Lipinski definition) is 2. The van der Waals surface area contributed by atoms with Crippen LogP contribution in [0.2, 0.25) is 0 Å². The second-order valence-electron chi connectivity index (χ2n) is 21.7. The average molecular weight is 1040 g/mol. The van der Waals surface area contributed by atoms with E-state index in [1.54, 1.807) is 0 Å². The molecule has 4 heterocycles. The fraction of sp³-hybridized carbons (Fsp3) is 0.120. The van der Waals surface area contributed by atoms with Crippen LogP contribution in [0, 0.1) is 34.6 Å². The lowest BCUT2D eigenvalue weighted by Crippen LogP contribution is -2.14. The number of aryl methyl sites for hydroxylation is 6. The number of furan rings is 1. The second-order valence-corrected chi connectivity index (χ2v) is 22.8. The van der Waals surface area contributed by atoms with Crippen molar-refractivity contribution in [1.29, 1.82) is 0 Å². The lowest BCUT2D eigenvalue weighted by molar-refractivity contribution is 0.660. The Bertz CT molecular complexity index is 4600. The summed E-state index contributed by atoms with van der Waals surface area (Å²) in [5, 5.41) is 10.5. The zero-order valence-electron chi connectivity index (χ0n) is 46.3. The molecule has 0 spiro atoms. The number of rotatable bonds is 1. The fourth-order valence-electron chi connectivity index (χ4n) is 11.7. The van der Waals surface area contributed by atoms with Crippen LogP contribution in [0.3, 0.4) is 0 Å². The summed E-state index contributed by atoms with van der Waals surface area (Å²) < 4.78 is 13.1. The molecule has 0 radical (unpaired) electrons. The largest absolute Gasteiger partial charge is 0.456 e. The number of benzene rings is 11. The maximum absolute atomic E-state index is 5.71. The quantitative estimate of drug-likeness (QED) is 0.161. The lowest BCUT2D eigenvalue weighted by Gasteiger charge is -2.21. The Kier molecular flexibility index (Phi) is 13.6. The molecule has 0 aliphatic heterocycles. The highest BCUT2D eigenvalue weighted by atomic mass is 32.1. The van der Waals surface area contributed by atoms with E-state index in [1.807, 2.05) is 35.6 Å². The number of hydrogen-bond donors (Lipinski definition) is 0. The number of thiophene rings is 1. The SMILES string of the molecule is Cc1ccc2c(c1)-c1ccccc1C2(C)C.Cc1ccc2c(c1)c1ccccc1n2-c1ccccc1.Cc1ccc2c(c1)c1ccccc1n2C.Cc1ccc2oc3ccccc3c2c1.Cc1ccc2sc3ccccc3c2c1. The van der Waals surface area contributed by atoms with Crippen LogP contribution in [0.5, 0.6) is 0 Å². The predicted octanol–water partition coefficient (Wildman–Crippen LogP) is 21.3. The van der Waals surface area contributed by atoms with Gasteiger partial charge >= 0.3 is 0 Å². The Hall–Kier alpha value is -8.96. The molecule has 16 rings (SSSR count). The Morgan fingerprint density at radius 2 is 0.785 bits per heavy atom. The zero-order valence-corrected chi connectivity index (χ0v) is 47.1.